The van der Waals surface area contributed by atoms with Crippen LogP contribution in [0.15, 0.2) is 29.3 Å². The zero-order valence-corrected chi connectivity index (χ0v) is 11.8. The molecule has 0 saturated heterocycles. The second-order valence-electron chi connectivity index (χ2n) is 4.56. The molecule has 3 rings (SSSR count). The highest BCUT2D eigenvalue weighted by atomic mass is 35.5. The number of aryl methyl sites for hydroxylation is 2. The van der Waals surface area contributed by atoms with Crippen molar-refractivity contribution in [3.05, 3.63) is 51.4 Å². The second kappa shape index (κ2) is 4.72. The summed E-state index contributed by atoms with van der Waals surface area (Å²) >= 11 is 6.12. The minimum Gasteiger partial charge on any atom is -0.308 e. The zero-order valence-electron chi connectivity index (χ0n) is 11.0. The molecule has 102 valence electrons. The van der Waals surface area contributed by atoms with Crippen molar-refractivity contribution in [3.63, 3.8) is 0 Å². The number of halogens is 1. The van der Waals surface area contributed by atoms with Crippen LogP contribution in [0, 0.1) is 6.92 Å². The number of rotatable bonds is 2. The summed E-state index contributed by atoms with van der Waals surface area (Å²) in [5, 5.41) is 5.15. The lowest BCUT2D eigenvalue weighted by Crippen LogP contribution is -2.22. The monoisotopic (exact) mass is 289 g/mol. The first-order valence-electron chi connectivity index (χ1n) is 6.06. The van der Waals surface area contributed by atoms with Gasteiger partial charge in [-0.15, -0.1) is 0 Å². The highest BCUT2D eigenvalue weighted by Crippen LogP contribution is 2.19. The van der Waals surface area contributed by atoms with Gasteiger partial charge in [0.05, 0.1) is 18.1 Å². The average molecular weight is 290 g/mol. The normalized spacial score (nSPS) is 11.2. The zero-order chi connectivity index (χ0) is 14.3. The van der Waals surface area contributed by atoms with Crippen molar-refractivity contribution in [2.45, 2.75) is 13.5 Å². The molecule has 0 saturated carbocycles. The first-order chi connectivity index (χ1) is 9.56. The molecule has 3 aromatic heterocycles. The lowest BCUT2D eigenvalue weighted by atomic mass is 10.3. The van der Waals surface area contributed by atoms with E-state index in [9.17, 15) is 4.79 Å². The van der Waals surface area contributed by atoms with E-state index in [4.69, 9.17) is 11.6 Å². The molecule has 0 radical (unpaired) electrons. The Hall–Kier alpha value is -2.21. The van der Waals surface area contributed by atoms with Crippen molar-refractivity contribution >= 4 is 22.6 Å². The second-order valence-corrected chi connectivity index (χ2v) is 4.92. The van der Waals surface area contributed by atoms with Crippen molar-refractivity contribution < 1.29 is 0 Å². The summed E-state index contributed by atoms with van der Waals surface area (Å²) in [6.07, 6.45) is 3.33. The van der Waals surface area contributed by atoms with Gasteiger partial charge in [0.25, 0.3) is 5.56 Å². The molecule has 3 heterocycles. The maximum absolute atomic E-state index is 12.0. The van der Waals surface area contributed by atoms with Crippen LogP contribution < -0.4 is 5.56 Å². The number of fused-ring (bicyclic) bond motifs is 1. The van der Waals surface area contributed by atoms with Gasteiger partial charge in [0, 0.05) is 18.8 Å². The van der Waals surface area contributed by atoms with Gasteiger partial charge < -0.3 is 4.57 Å². The highest BCUT2D eigenvalue weighted by Gasteiger charge is 2.10. The Labute approximate surface area is 119 Å². The molecule has 0 aliphatic carbocycles. The van der Waals surface area contributed by atoms with E-state index in [1.807, 2.05) is 6.07 Å². The van der Waals surface area contributed by atoms with E-state index < -0.39 is 0 Å². The fraction of sp³-hybridized carbons (Fsp3) is 0.231. The van der Waals surface area contributed by atoms with Crippen LogP contribution in [0.1, 0.15) is 11.4 Å². The summed E-state index contributed by atoms with van der Waals surface area (Å²) in [6, 6.07) is 3.60. The van der Waals surface area contributed by atoms with E-state index >= 15 is 0 Å². The van der Waals surface area contributed by atoms with Crippen molar-refractivity contribution in [3.8, 4) is 0 Å². The van der Waals surface area contributed by atoms with E-state index in [0.717, 1.165) is 0 Å². The van der Waals surface area contributed by atoms with Crippen LogP contribution in [-0.2, 0) is 13.6 Å². The van der Waals surface area contributed by atoms with Crippen molar-refractivity contribution in [2.75, 3.05) is 0 Å². The fourth-order valence-electron chi connectivity index (χ4n) is 2.03. The predicted octanol–water partition coefficient (Wildman–Crippen LogP) is 1.54. The van der Waals surface area contributed by atoms with Crippen LogP contribution >= 0.6 is 11.6 Å². The van der Waals surface area contributed by atoms with Gasteiger partial charge in [-0.3, -0.25) is 9.48 Å². The van der Waals surface area contributed by atoms with Crippen LogP contribution in [-0.4, -0.2) is 24.3 Å². The Kier molecular flexibility index (Phi) is 3.02. The largest absolute Gasteiger partial charge is 0.308 e. The molecule has 0 fully saturated rings. The van der Waals surface area contributed by atoms with Crippen LogP contribution in [0.4, 0.5) is 0 Å². The van der Waals surface area contributed by atoms with E-state index in [0.29, 0.717) is 27.6 Å². The molecule has 0 spiro atoms. The maximum Gasteiger partial charge on any atom is 0.253 e. The highest BCUT2D eigenvalue weighted by molar-refractivity contribution is 6.33. The molecule has 0 unspecified atom stereocenters. The number of aromatic nitrogens is 5. The van der Waals surface area contributed by atoms with Crippen molar-refractivity contribution in [2.24, 2.45) is 7.05 Å². The third kappa shape index (κ3) is 2.08. The van der Waals surface area contributed by atoms with Gasteiger partial charge in [-0.1, -0.05) is 17.7 Å². The van der Waals surface area contributed by atoms with Gasteiger partial charge in [-0.05, 0) is 13.0 Å². The number of pyridine rings is 1. The summed E-state index contributed by atoms with van der Waals surface area (Å²) in [7, 11) is 1.79. The first kappa shape index (κ1) is 12.8. The minimum absolute atomic E-state index is 0.0580. The third-order valence-corrected chi connectivity index (χ3v) is 3.40. The molecule has 0 atom stereocenters. The molecule has 20 heavy (non-hydrogen) atoms. The third-order valence-electron chi connectivity index (χ3n) is 3.11. The molecule has 0 bridgehead atoms. The van der Waals surface area contributed by atoms with Gasteiger partial charge in [0.2, 0.25) is 0 Å². The molecule has 7 heteroatoms. The lowest BCUT2D eigenvalue weighted by molar-refractivity contribution is 0.706. The Morgan fingerprint density at radius 3 is 2.95 bits per heavy atom. The molecule has 0 N–H and O–H groups in total. The van der Waals surface area contributed by atoms with Crippen molar-refractivity contribution in [1.29, 1.82) is 0 Å². The summed E-state index contributed by atoms with van der Waals surface area (Å²) in [6.45, 7) is 2.05. The minimum atomic E-state index is -0.0580. The topological polar surface area (TPSA) is 65.6 Å². The summed E-state index contributed by atoms with van der Waals surface area (Å²) in [5.74, 6) is 0.485. The quantitative estimate of drug-likeness (QED) is 0.671. The van der Waals surface area contributed by atoms with Gasteiger partial charge in [0.1, 0.15) is 5.15 Å². The molecule has 0 aliphatic heterocycles. The molecule has 0 amide bonds. The van der Waals surface area contributed by atoms with Crippen LogP contribution in [0.25, 0.3) is 11.0 Å². The van der Waals surface area contributed by atoms with E-state index in [2.05, 4.69) is 15.1 Å². The molecular formula is C13H12ClN5O. The smallest absolute Gasteiger partial charge is 0.253 e. The number of hydrogen-bond donors (Lipinski definition) is 0. The standard InChI is InChI=1S/C13H12ClN5O/c1-8-4-3-5-19(13(8)20)7-10-16-11(14)9-6-15-18(2)12(9)17-10/h3-6H,7H2,1-2H3. The molecule has 6 nitrogen and oxygen atoms in total. The Bertz CT molecular complexity index is 852. The molecule has 3 aromatic rings. The predicted molar refractivity (Wildman–Crippen MR) is 75.9 cm³/mol. The van der Waals surface area contributed by atoms with Crippen molar-refractivity contribution in [1.82, 2.24) is 24.3 Å². The van der Waals surface area contributed by atoms with E-state index in [1.54, 1.807) is 41.7 Å². The van der Waals surface area contributed by atoms with Crippen LogP contribution in [0.2, 0.25) is 5.15 Å². The van der Waals surface area contributed by atoms with Crippen LogP contribution in [0.5, 0.6) is 0 Å². The van der Waals surface area contributed by atoms with Gasteiger partial charge in [-0.25, -0.2) is 9.97 Å². The fourth-order valence-corrected chi connectivity index (χ4v) is 2.27. The number of nitrogens with zero attached hydrogens (tertiary/aromatic N) is 5. The molecular weight excluding hydrogens is 278 g/mol. The summed E-state index contributed by atoms with van der Waals surface area (Å²) in [5.41, 5.74) is 1.28. The van der Waals surface area contributed by atoms with Gasteiger partial charge in [-0.2, -0.15) is 5.10 Å². The van der Waals surface area contributed by atoms with Crippen LogP contribution in [0.3, 0.4) is 0 Å². The first-order valence-corrected chi connectivity index (χ1v) is 6.44. The van der Waals surface area contributed by atoms with Gasteiger partial charge >= 0.3 is 0 Å². The molecule has 0 aromatic carbocycles. The average Bonchev–Trinajstić information content (AvgIpc) is 2.78. The Morgan fingerprint density at radius 1 is 1.35 bits per heavy atom. The molecule has 0 aliphatic rings. The SMILES string of the molecule is Cc1cccn(Cc2nc(Cl)c3cnn(C)c3n2)c1=O. The van der Waals surface area contributed by atoms with Gasteiger partial charge in [0.15, 0.2) is 11.5 Å². The Balaban J connectivity index is 2.09. The Morgan fingerprint density at radius 2 is 2.15 bits per heavy atom. The van der Waals surface area contributed by atoms with E-state index in [-0.39, 0.29) is 12.1 Å². The number of hydrogen-bond acceptors (Lipinski definition) is 4. The van der Waals surface area contributed by atoms with E-state index in [1.165, 1.54) is 0 Å². The summed E-state index contributed by atoms with van der Waals surface area (Å²) in [4.78, 5) is 20.6. The summed E-state index contributed by atoms with van der Waals surface area (Å²) < 4.78 is 3.19. The lowest BCUT2D eigenvalue weighted by Gasteiger charge is -2.06. The maximum atomic E-state index is 12.0.